The van der Waals surface area contributed by atoms with Gasteiger partial charge in [-0.1, -0.05) is 11.6 Å². The topological polar surface area (TPSA) is 50.2 Å². The number of nitrogens with zero attached hydrogens (tertiary/aromatic N) is 1. The SMILES string of the molecule is O=C(O)c1cnccc1-c1cc(F)cc(Cl)c1. The summed E-state index contributed by atoms with van der Waals surface area (Å²) in [4.78, 5) is 14.7. The molecule has 0 radical (unpaired) electrons. The number of rotatable bonds is 2. The molecule has 5 heteroatoms. The van der Waals surface area contributed by atoms with E-state index in [9.17, 15) is 9.18 Å². The standard InChI is InChI=1S/C12H7ClFNO2/c13-8-3-7(4-9(14)5-8)10-1-2-15-6-11(10)12(16)17/h1-6H,(H,16,17). The number of benzene rings is 1. The molecule has 0 aliphatic heterocycles. The van der Waals surface area contributed by atoms with E-state index in [1.807, 2.05) is 0 Å². The highest BCUT2D eigenvalue weighted by atomic mass is 35.5. The Hall–Kier alpha value is -1.94. The first kappa shape index (κ1) is 11.5. The van der Waals surface area contributed by atoms with Crippen molar-refractivity contribution < 1.29 is 14.3 Å². The maximum Gasteiger partial charge on any atom is 0.337 e. The lowest BCUT2D eigenvalue weighted by atomic mass is 10.0. The van der Waals surface area contributed by atoms with Gasteiger partial charge in [0.2, 0.25) is 0 Å². The monoisotopic (exact) mass is 251 g/mol. The maximum atomic E-state index is 13.2. The van der Waals surface area contributed by atoms with Gasteiger partial charge >= 0.3 is 5.97 Å². The van der Waals surface area contributed by atoms with Gasteiger partial charge in [0, 0.05) is 17.4 Å². The Labute approximate surface area is 101 Å². The number of carbonyl (C=O) groups is 1. The van der Waals surface area contributed by atoms with Crippen molar-refractivity contribution >= 4 is 17.6 Å². The van der Waals surface area contributed by atoms with Crippen LogP contribution in [0.25, 0.3) is 11.1 Å². The van der Waals surface area contributed by atoms with E-state index in [-0.39, 0.29) is 10.6 Å². The lowest BCUT2D eigenvalue weighted by Crippen LogP contribution is -2.00. The van der Waals surface area contributed by atoms with Crippen molar-refractivity contribution in [2.24, 2.45) is 0 Å². The van der Waals surface area contributed by atoms with Gasteiger partial charge < -0.3 is 5.11 Å². The highest BCUT2D eigenvalue weighted by Crippen LogP contribution is 2.26. The van der Waals surface area contributed by atoms with Crippen molar-refractivity contribution in [1.29, 1.82) is 0 Å². The molecular formula is C12H7ClFNO2. The van der Waals surface area contributed by atoms with Crippen LogP contribution < -0.4 is 0 Å². The minimum Gasteiger partial charge on any atom is -0.478 e. The molecule has 0 bridgehead atoms. The highest BCUT2D eigenvalue weighted by molar-refractivity contribution is 6.30. The van der Waals surface area contributed by atoms with E-state index in [0.717, 1.165) is 6.07 Å². The minimum absolute atomic E-state index is 0.00849. The second-order valence-corrected chi connectivity index (χ2v) is 3.82. The summed E-state index contributed by atoms with van der Waals surface area (Å²) in [5.74, 6) is -1.63. The number of aromatic nitrogens is 1. The molecule has 1 aromatic carbocycles. The molecule has 0 saturated carbocycles. The first-order valence-electron chi connectivity index (χ1n) is 4.71. The zero-order chi connectivity index (χ0) is 12.4. The zero-order valence-electron chi connectivity index (χ0n) is 8.52. The molecule has 0 aliphatic rings. The van der Waals surface area contributed by atoms with E-state index in [0.29, 0.717) is 11.1 Å². The molecule has 0 atom stereocenters. The number of carboxylic acids is 1. The van der Waals surface area contributed by atoms with Gasteiger partial charge in [-0.2, -0.15) is 0 Å². The van der Waals surface area contributed by atoms with Gasteiger partial charge in [0.1, 0.15) is 5.82 Å². The predicted molar refractivity (Wildman–Crippen MR) is 61.6 cm³/mol. The molecule has 2 aromatic rings. The Bertz CT molecular complexity index is 566. The molecular weight excluding hydrogens is 245 g/mol. The second-order valence-electron chi connectivity index (χ2n) is 3.38. The Balaban J connectivity index is 2.64. The van der Waals surface area contributed by atoms with Crippen LogP contribution in [0, 0.1) is 5.82 Å². The van der Waals surface area contributed by atoms with Gasteiger partial charge in [-0.15, -0.1) is 0 Å². The number of hydrogen-bond acceptors (Lipinski definition) is 2. The Morgan fingerprint density at radius 3 is 2.76 bits per heavy atom. The van der Waals surface area contributed by atoms with Crippen molar-refractivity contribution in [2.75, 3.05) is 0 Å². The maximum absolute atomic E-state index is 13.2. The van der Waals surface area contributed by atoms with Crippen molar-refractivity contribution in [1.82, 2.24) is 4.98 Å². The van der Waals surface area contributed by atoms with E-state index in [2.05, 4.69) is 4.98 Å². The molecule has 3 nitrogen and oxygen atoms in total. The van der Waals surface area contributed by atoms with Crippen LogP contribution >= 0.6 is 11.6 Å². The molecule has 2 rings (SSSR count). The summed E-state index contributed by atoms with van der Waals surface area (Å²) < 4.78 is 13.2. The lowest BCUT2D eigenvalue weighted by molar-refractivity contribution is 0.0697. The first-order chi connectivity index (χ1) is 8.08. The Kier molecular flexibility index (Phi) is 3.06. The summed E-state index contributed by atoms with van der Waals surface area (Å²) in [6, 6.07) is 5.40. The third kappa shape index (κ3) is 2.42. The highest BCUT2D eigenvalue weighted by Gasteiger charge is 2.12. The van der Waals surface area contributed by atoms with Crippen LogP contribution in [0.4, 0.5) is 4.39 Å². The molecule has 0 aliphatic carbocycles. The lowest BCUT2D eigenvalue weighted by Gasteiger charge is -2.06. The van der Waals surface area contributed by atoms with Gasteiger partial charge in [-0.3, -0.25) is 4.98 Å². The van der Waals surface area contributed by atoms with Crippen LogP contribution in [-0.2, 0) is 0 Å². The van der Waals surface area contributed by atoms with Gasteiger partial charge in [0.05, 0.1) is 5.56 Å². The second kappa shape index (κ2) is 4.51. The molecule has 17 heavy (non-hydrogen) atoms. The van der Waals surface area contributed by atoms with Crippen LogP contribution in [-0.4, -0.2) is 16.1 Å². The summed E-state index contributed by atoms with van der Waals surface area (Å²) in [6.45, 7) is 0. The number of halogens is 2. The fourth-order valence-corrected chi connectivity index (χ4v) is 1.75. The Morgan fingerprint density at radius 2 is 2.12 bits per heavy atom. The number of aromatic carboxylic acids is 1. The summed E-state index contributed by atoms with van der Waals surface area (Å²) in [6.07, 6.45) is 2.66. The molecule has 1 N–H and O–H groups in total. The smallest absolute Gasteiger partial charge is 0.337 e. The number of hydrogen-bond donors (Lipinski definition) is 1. The quantitative estimate of drug-likeness (QED) is 0.891. The average molecular weight is 252 g/mol. The summed E-state index contributed by atoms with van der Waals surface area (Å²) in [7, 11) is 0. The van der Waals surface area contributed by atoms with Crippen molar-refractivity contribution in [3.63, 3.8) is 0 Å². The molecule has 1 heterocycles. The zero-order valence-corrected chi connectivity index (χ0v) is 9.28. The van der Waals surface area contributed by atoms with E-state index in [1.54, 1.807) is 0 Å². The third-order valence-electron chi connectivity index (χ3n) is 2.23. The van der Waals surface area contributed by atoms with E-state index < -0.39 is 11.8 Å². The largest absolute Gasteiger partial charge is 0.478 e. The summed E-state index contributed by atoms with van der Waals surface area (Å²) in [5.41, 5.74) is 0.804. The Morgan fingerprint density at radius 1 is 1.35 bits per heavy atom. The molecule has 0 saturated heterocycles. The fraction of sp³-hybridized carbons (Fsp3) is 0. The normalized spacial score (nSPS) is 10.2. The first-order valence-corrected chi connectivity index (χ1v) is 5.09. The van der Waals surface area contributed by atoms with Crippen LogP contribution in [0.15, 0.2) is 36.7 Å². The van der Waals surface area contributed by atoms with Crippen molar-refractivity contribution in [2.45, 2.75) is 0 Å². The molecule has 86 valence electrons. The van der Waals surface area contributed by atoms with E-state index >= 15 is 0 Å². The molecule has 0 fully saturated rings. The molecule has 1 aromatic heterocycles. The van der Waals surface area contributed by atoms with Crippen LogP contribution in [0.5, 0.6) is 0 Å². The van der Waals surface area contributed by atoms with Gasteiger partial charge in [0.25, 0.3) is 0 Å². The fourth-order valence-electron chi connectivity index (χ4n) is 1.53. The van der Waals surface area contributed by atoms with E-state index in [1.165, 1.54) is 30.6 Å². The summed E-state index contributed by atoms with van der Waals surface area (Å²) >= 11 is 5.73. The molecule has 0 spiro atoms. The van der Waals surface area contributed by atoms with Gasteiger partial charge in [0.15, 0.2) is 0 Å². The third-order valence-corrected chi connectivity index (χ3v) is 2.44. The number of carboxylic acid groups (broad SMARTS) is 1. The van der Waals surface area contributed by atoms with E-state index in [4.69, 9.17) is 16.7 Å². The summed E-state index contributed by atoms with van der Waals surface area (Å²) in [5, 5.41) is 9.21. The van der Waals surface area contributed by atoms with Gasteiger partial charge in [-0.25, -0.2) is 9.18 Å². The van der Waals surface area contributed by atoms with Crippen LogP contribution in [0.2, 0.25) is 5.02 Å². The minimum atomic E-state index is -1.12. The van der Waals surface area contributed by atoms with Crippen molar-refractivity contribution in [3.8, 4) is 11.1 Å². The van der Waals surface area contributed by atoms with Crippen molar-refractivity contribution in [3.05, 3.63) is 53.1 Å². The molecule has 0 unspecified atom stereocenters. The average Bonchev–Trinajstić information content (AvgIpc) is 2.27. The van der Waals surface area contributed by atoms with Gasteiger partial charge in [-0.05, 0) is 35.4 Å². The van der Waals surface area contributed by atoms with Crippen LogP contribution in [0.3, 0.4) is 0 Å². The molecule has 0 amide bonds. The van der Waals surface area contributed by atoms with Crippen LogP contribution in [0.1, 0.15) is 10.4 Å². The number of pyridine rings is 1. The predicted octanol–water partition coefficient (Wildman–Crippen LogP) is 3.24.